The molecule has 0 aromatic heterocycles. The van der Waals surface area contributed by atoms with E-state index in [0.29, 0.717) is 12.6 Å². The van der Waals surface area contributed by atoms with Crippen LogP contribution < -0.4 is 5.32 Å². The van der Waals surface area contributed by atoms with Gasteiger partial charge in [-0.1, -0.05) is 6.92 Å². The van der Waals surface area contributed by atoms with E-state index >= 15 is 0 Å². The summed E-state index contributed by atoms with van der Waals surface area (Å²) in [6.45, 7) is 6.42. The number of hydrogen-bond acceptors (Lipinski definition) is 3. The average molecular weight is 253 g/mol. The van der Waals surface area contributed by atoms with E-state index in [1.165, 1.54) is 0 Å². The van der Waals surface area contributed by atoms with Gasteiger partial charge in [0.1, 0.15) is 0 Å². The Morgan fingerprint density at radius 1 is 1.44 bits per heavy atom. The Bertz CT molecular complexity index is 328. The summed E-state index contributed by atoms with van der Waals surface area (Å²) in [5, 5.41) is 3.18. The zero-order valence-electron chi connectivity index (χ0n) is 11.3. The maximum Gasteiger partial charge on any atom is 0.242 e. The molecule has 1 aliphatic carbocycles. The summed E-state index contributed by atoms with van der Waals surface area (Å²) < 4.78 is 0. The van der Waals surface area contributed by atoms with Crippen LogP contribution in [0, 0.1) is 0 Å². The van der Waals surface area contributed by atoms with Crippen LogP contribution in [0.5, 0.6) is 0 Å². The van der Waals surface area contributed by atoms with Gasteiger partial charge < -0.3 is 15.1 Å². The van der Waals surface area contributed by atoms with Crippen molar-refractivity contribution in [2.45, 2.75) is 45.2 Å². The highest BCUT2D eigenvalue weighted by Crippen LogP contribution is 2.26. The smallest absolute Gasteiger partial charge is 0.242 e. The molecule has 0 bridgehead atoms. The minimum absolute atomic E-state index is 0.0731. The topological polar surface area (TPSA) is 52.7 Å². The molecular formula is C13H23N3O2. The highest BCUT2D eigenvalue weighted by molar-refractivity contribution is 5.88. The first-order valence-corrected chi connectivity index (χ1v) is 6.99. The molecule has 0 radical (unpaired) electrons. The number of amides is 2. The van der Waals surface area contributed by atoms with E-state index in [0.717, 1.165) is 32.4 Å². The van der Waals surface area contributed by atoms with E-state index in [-0.39, 0.29) is 24.4 Å². The van der Waals surface area contributed by atoms with Crippen molar-refractivity contribution < 1.29 is 9.59 Å². The summed E-state index contributed by atoms with van der Waals surface area (Å²) in [7, 11) is 0. The van der Waals surface area contributed by atoms with Gasteiger partial charge in [0.05, 0.1) is 12.6 Å². The standard InChI is InChI=1S/C13H23N3O2/c1-3-11-13(18)15(8-7-14-11)9-12(17)16(4-2)10-5-6-10/h10-11,14H,3-9H2,1-2H3. The second-order valence-corrected chi connectivity index (χ2v) is 5.09. The summed E-state index contributed by atoms with van der Waals surface area (Å²) in [4.78, 5) is 27.9. The predicted octanol–water partition coefficient (Wildman–Crippen LogP) is 0.208. The van der Waals surface area contributed by atoms with Gasteiger partial charge in [0.2, 0.25) is 11.8 Å². The summed E-state index contributed by atoms with van der Waals surface area (Å²) >= 11 is 0. The molecule has 0 aromatic carbocycles. The molecule has 2 rings (SSSR count). The van der Waals surface area contributed by atoms with Crippen molar-refractivity contribution >= 4 is 11.8 Å². The molecular weight excluding hydrogens is 230 g/mol. The molecule has 1 aliphatic heterocycles. The lowest BCUT2D eigenvalue weighted by Crippen LogP contribution is -2.57. The SMILES string of the molecule is CCC1NCCN(CC(=O)N(CC)C2CC2)C1=O. The van der Waals surface area contributed by atoms with Crippen molar-refractivity contribution in [3.63, 3.8) is 0 Å². The number of rotatable bonds is 5. The third-order valence-electron chi connectivity index (χ3n) is 3.77. The molecule has 102 valence electrons. The lowest BCUT2D eigenvalue weighted by Gasteiger charge is -2.33. The van der Waals surface area contributed by atoms with Crippen LogP contribution in [0.15, 0.2) is 0 Å². The van der Waals surface area contributed by atoms with Gasteiger partial charge in [-0.3, -0.25) is 9.59 Å². The van der Waals surface area contributed by atoms with E-state index in [9.17, 15) is 9.59 Å². The Hall–Kier alpha value is -1.10. The Morgan fingerprint density at radius 2 is 2.17 bits per heavy atom. The molecule has 0 spiro atoms. The van der Waals surface area contributed by atoms with Crippen LogP contribution in [0.25, 0.3) is 0 Å². The lowest BCUT2D eigenvalue weighted by molar-refractivity contribution is -0.143. The van der Waals surface area contributed by atoms with Gasteiger partial charge in [-0.2, -0.15) is 0 Å². The first-order valence-electron chi connectivity index (χ1n) is 6.99. The van der Waals surface area contributed by atoms with E-state index in [1.807, 2.05) is 18.7 Å². The molecule has 1 unspecified atom stereocenters. The number of nitrogens with one attached hydrogen (secondary N) is 1. The summed E-state index contributed by atoms with van der Waals surface area (Å²) in [6.07, 6.45) is 3.02. The highest BCUT2D eigenvalue weighted by Gasteiger charge is 2.34. The van der Waals surface area contributed by atoms with Gasteiger partial charge in [0.25, 0.3) is 0 Å². The van der Waals surface area contributed by atoms with Crippen LogP contribution in [0.4, 0.5) is 0 Å². The molecule has 1 saturated carbocycles. The zero-order chi connectivity index (χ0) is 13.1. The van der Waals surface area contributed by atoms with Gasteiger partial charge in [0, 0.05) is 25.7 Å². The van der Waals surface area contributed by atoms with Crippen LogP contribution in [-0.4, -0.2) is 59.9 Å². The number of nitrogens with zero attached hydrogens (tertiary/aromatic N) is 2. The first kappa shape index (κ1) is 13.3. The van der Waals surface area contributed by atoms with E-state index in [4.69, 9.17) is 0 Å². The fraction of sp³-hybridized carbons (Fsp3) is 0.846. The third-order valence-corrected chi connectivity index (χ3v) is 3.77. The minimum atomic E-state index is -0.109. The minimum Gasteiger partial charge on any atom is -0.338 e. The zero-order valence-corrected chi connectivity index (χ0v) is 11.3. The average Bonchev–Trinajstić information content (AvgIpc) is 3.17. The van der Waals surface area contributed by atoms with E-state index in [1.54, 1.807) is 4.90 Å². The van der Waals surface area contributed by atoms with Crippen molar-refractivity contribution in [1.29, 1.82) is 0 Å². The maximum absolute atomic E-state index is 12.2. The van der Waals surface area contributed by atoms with E-state index in [2.05, 4.69) is 5.32 Å². The molecule has 18 heavy (non-hydrogen) atoms. The quantitative estimate of drug-likeness (QED) is 0.762. The number of piperazine rings is 1. The lowest BCUT2D eigenvalue weighted by atomic mass is 10.1. The first-order chi connectivity index (χ1) is 8.67. The van der Waals surface area contributed by atoms with E-state index < -0.39 is 0 Å². The molecule has 2 amide bonds. The monoisotopic (exact) mass is 253 g/mol. The molecule has 5 nitrogen and oxygen atoms in total. The van der Waals surface area contributed by atoms with Crippen molar-refractivity contribution in [2.24, 2.45) is 0 Å². The Labute approximate surface area is 108 Å². The largest absolute Gasteiger partial charge is 0.338 e. The Balaban J connectivity index is 1.91. The fourth-order valence-electron chi connectivity index (χ4n) is 2.55. The van der Waals surface area contributed by atoms with Crippen molar-refractivity contribution in [2.75, 3.05) is 26.2 Å². The molecule has 0 aromatic rings. The number of carbonyl (C=O) groups excluding carboxylic acids is 2. The van der Waals surface area contributed by atoms with Crippen molar-refractivity contribution in [3.05, 3.63) is 0 Å². The molecule has 1 atom stereocenters. The predicted molar refractivity (Wildman–Crippen MR) is 69.1 cm³/mol. The van der Waals surface area contributed by atoms with Crippen LogP contribution in [0.3, 0.4) is 0 Å². The summed E-state index contributed by atoms with van der Waals surface area (Å²) in [5.74, 6) is 0.175. The van der Waals surface area contributed by atoms with Crippen LogP contribution in [-0.2, 0) is 9.59 Å². The molecule has 5 heteroatoms. The van der Waals surface area contributed by atoms with Crippen LogP contribution in [0.2, 0.25) is 0 Å². The number of carbonyl (C=O) groups is 2. The van der Waals surface area contributed by atoms with Gasteiger partial charge in [0.15, 0.2) is 0 Å². The van der Waals surface area contributed by atoms with Crippen molar-refractivity contribution in [1.82, 2.24) is 15.1 Å². The summed E-state index contributed by atoms with van der Waals surface area (Å²) in [6, 6.07) is 0.324. The third kappa shape index (κ3) is 2.83. The van der Waals surface area contributed by atoms with Gasteiger partial charge in [-0.15, -0.1) is 0 Å². The van der Waals surface area contributed by atoms with Gasteiger partial charge in [-0.25, -0.2) is 0 Å². The Morgan fingerprint density at radius 3 is 2.72 bits per heavy atom. The second kappa shape index (κ2) is 5.69. The Kier molecular flexibility index (Phi) is 4.22. The molecule has 2 aliphatic rings. The fourth-order valence-corrected chi connectivity index (χ4v) is 2.55. The van der Waals surface area contributed by atoms with Gasteiger partial charge >= 0.3 is 0 Å². The highest BCUT2D eigenvalue weighted by atomic mass is 16.2. The van der Waals surface area contributed by atoms with Crippen LogP contribution >= 0.6 is 0 Å². The molecule has 2 fully saturated rings. The molecule has 1 N–H and O–H groups in total. The molecule has 1 saturated heterocycles. The summed E-state index contributed by atoms with van der Waals surface area (Å²) in [5.41, 5.74) is 0. The number of hydrogen-bond donors (Lipinski definition) is 1. The second-order valence-electron chi connectivity index (χ2n) is 5.09. The molecule has 1 heterocycles. The number of likely N-dealkylation sites (N-methyl/N-ethyl adjacent to an activating group) is 1. The maximum atomic E-state index is 12.2. The van der Waals surface area contributed by atoms with Gasteiger partial charge in [-0.05, 0) is 26.2 Å². The van der Waals surface area contributed by atoms with Crippen LogP contribution in [0.1, 0.15) is 33.1 Å². The van der Waals surface area contributed by atoms with Crippen molar-refractivity contribution in [3.8, 4) is 0 Å². The normalized spacial score (nSPS) is 24.2.